The third kappa shape index (κ3) is 3.53. The summed E-state index contributed by atoms with van der Waals surface area (Å²) in [5, 5.41) is 16.8. The smallest absolute Gasteiger partial charge is 0.243 e. The van der Waals surface area contributed by atoms with Crippen molar-refractivity contribution in [2.24, 2.45) is 5.84 Å². The van der Waals surface area contributed by atoms with Gasteiger partial charge in [-0.2, -0.15) is 26.3 Å². The minimum atomic E-state index is -0.616. The second kappa shape index (κ2) is 6.46. The fourth-order valence-electron chi connectivity index (χ4n) is 1.48. The average molecular weight is 295 g/mol. The highest BCUT2D eigenvalue weighted by Crippen LogP contribution is 2.17. The summed E-state index contributed by atoms with van der Waals surface area (Å²) in [6, 6.07) is 1.88. The Balaban J connectivity index is 2.07. The summed E-state index contributed by atoms with van der Waals surface area (Å²) in [6.45, 7) is 0.303. The number of hydrazine groups is 1. The van der Waals surface area contributed by atoms with Crippen molar-refractivity contribution in [1.82, 2.24) is 15.0 Å². The zero-order chi connectivity index (χ0) is 14.5. The quantitative estimate of drug-likeness (QED) is 0.448. The molecule has 2 aromatic heterocycles. The molecule has 1 atom stereocenters. The highest BCUT2D eigenvalue weighted by atomic mass is 32.1. The van der Waals surface area contributed by atoms with E-state index < -0.39 is 6.10 Å². The molecule has 108 valence electrons. The van der Waals surface area contributed by atoms with Crippen LogP contribution in [0.25, 0.3) is 0 Å². The van der Waals surface area contributed by atoms with Gasteiger partial charge < -0.3 is 15.3 Å². The van der Waals surface area contributed by atoms with E-state index in [1.807, 2.05) is 30.9 Å². The van der Waals surface area contributed by atoms with E-state index in [4.69, 9.17) is 5.84 Å². The molecule has 0 saturated heterocycles. The lowest BCUT2D eigenvalue weighted by atomic mass is 10.2. The Labute approximate surface area is 120 Å². The van der Waals surface area contributed by atoms with Gasteiger partial charge in [-0.25, -0.2) is 5.84 Å². The molecule has 0 spiro atoms. The SMILES string of the molecule is CN(C)c1nc(NN)nc(NCC(O)c2ccsc2)n1. The molecule has 2 rings (SSSR count). The van der Waals surface area contributed by atoms with Crippen LogP contribution in [0.5, 0.6) is 0 Å². The molecule has 8 nitrogen and oxygen atoms in total. The molecule has 0 bridgehead atoms. The van der Waals surface area contributed by atoms with Gasteiger partial charge in [0.05, 0.1) is 6.10 Å². The number of aliphatic hydroxyl groups is 1. The molecule has 5 N–H and O–H groups in total. The van der Waals surface area contributed by atoms with Gasteiger partial charge in [0.25, 0.3) is 0 Å². The fraction of sp³-hybridized carbons (Fsp3) is 0.364. The van der Waals surface area contributed by atoms with E-state index in [0.717, 1.165) is 5.56 Å². The summed E-state index contributed by atoms with van der Waals surface area (Å²) in [6.07, 6.45) is -0.616. The molecule has 0 saturated carbocycles. The molecule has 0 aliphatic heterocycles. The van der Waals surface area contributed by atoms with Crippen LogP contribution in [0.2, 0.25) is 0 Å². The maximum absolute atomic E-state index is 10.00. The van der Waals surface area contributed by atoms with Crippen LogP contribution in [0.3, 0.4) is 0 Å². The second-order valence-corrected chi connectivity index (χ2v) is 5.05. The Morgan fingerprint density at radius 2 is 2.10 bits per heavy atom. The van der Waals surface area contributed by atoms with E-state index in [1.165, 1.54) is 11.3 Å². The molecule has 9 heteroatoms. The Morgan fingerprint density at radius 3 is 2.70 bits per heavy atom. The van der Waals surface area contributed by atoms with Gasteiger partial charge in [0.15, 0.2) is 0 Å². The van der Waals surface area contributed by atoms with Gasteiger partial charge in [-0.15, -0.1) is 0 Å². The van der Waals surface area contributed by atoms with Crippen LogP contribution in [0.15, 0.2) is 16.8 Å². The first-order valence-corrected chi connectivity index (χ1v) is 6.88. The van der Waals surface area contributed by atoms with Crippen molar-refractivity contribution in [2.45, 2.75) is 6.10 Å². The lowest BCUT2D eigenvalue weighted by Crippen LogP contribution is -2.20. The first kappa shape index (κ1) is 14.4. The van der Waals surface area contributed by atoms with Crippen LogP contribution in [-0.2, 0) is 0 Å². The molecular formula is C11H17N7OS. The monoisotopic (exact) mass is 295 g/mol. The lowest BCUT2D eigenvalue weighted by Gasteiger charge is -2.14. The predicted molar refractivity (Wildman–Crippen MR) is 79.7 cm³/mol. The van der Waals surface area contributed by atoms with Gasteiger partial charge in [-0.1, -0.05) is 0 Å². The van der Waals surface area contributed by atoms with E-state index in [1.54, 1.807) is 4.90 Å². The zero-order valence-corrected chi connectivity index (χ0v) is 12.1. The van der Waals surface area contributed by atoms with Crippen molar-refractivity contribution in [3.63, 3.8) is 0 Å². The summed E-state index contributed by atoms with van der Waals surface area (Å²) >= 11 is 1.54. The maximum Gasteiger partial charge on any atom is 0.243 e. The summed E-state index contributed by atoms with van der Waals surface area (Å²) in [5.41, 5.74) is 3.25. The summed E-state index contributed by atoms with van der Waals surface area (Å²) in [7, 11) is 3.64. The summed E-state index contributed by atoms with van der Waals surface area (Å²) in [5.74, 6) is 6.41. The number of hydrogen-bond acceptors (Lipinski definition) is 9. The minimum Gasteiger partial charge on any atom is -0.387 e. The van der Waals surface area contributed by atoms with E-state index in [2.05, 4.69) is 25.7 Å². The predicted octanol–water partition coefficient (Wildman–Crippen LogP) is 0.430. The molecule has 0 aromatic carbocycles. The third-order valence-electron chi connectivity index (χ3n) is 2.53. The first-order chi connectivity index (χ1) is 9.60. The average Bonchev–Trinajstić information content (AvgIpc) is 2.98. The Hall–Kier alpha value is -1.97. The van der Waals surface area contributed by atoms with E-state index in [-0.39, 0.29) is 5.95 Å². The van der Waals surface area contributed by atoms with Gasteiger partial charge in [-0.05, 0) is 22.4 Å². The van der Waals surface area contributed by atoms with Gasteiger partial charge in [-0.3, -0.25) is 5.43 Å². The van der Waals surface area contributed by atoms with Crippen LogP contribution in [0.1, 0.15) is 11.7 Å². The number of rotatable bonds is 6. The maximum atomic E-state index is 10.00. The summed E-state index contributed by atoms with van der Waals surface area (Å²) in [4.78, 5) is 14.1. The number of thiophene rings is 1. The normalized spacial score (nSPS) is 12.0. The van der Waals surface area contributed by atoms with E-state index in [9.17, 15) is 5.11 Å². The molecule has 0 aliphatic rings. The molecule has 0 amide bonds. The van der Waals surface area contributed by atoms with Crippen LogP contribution >= 0.6 is 11.3 Å². The van der Waals surface area contributed by atoms with Crippen molar-refractivity contribution >= 4 is 29.2 Å². The fourth-order valence-corrected chi connectivity index (χ4v) is 2.19. The number of nitrogens with two attached hydrogens (primary N) is 1. The van der Waals surface area contributed by atoms with Gasteiger partial charge in [0.2, 0.25) is 17.8 Å². The molecule has 2 heterocycles. The van der Waals surface area contributed by atoms with Crippen LogP contribution in [-0.4, -0.2) is 40.7 Å². The first-order valence-electron chi connectivity index (χ1n) is 5.94. The molecule has 1 unspecified atom stereocenters. The van der Waals surface area contributed by atoms with Crippen LogP contribution < -0.4 is 21.5 Å². The second-order valence-electron chi connectivity index (χ2n) is 4.27. The van der Waals surface area contributed by atoms with Crippen LogP contribution in [0, 0.1) is 0 Å². The number of nitrogens with one attached hydrogen (secondary N) is 2. The lowest BCUT2D eigenvalue weighted by molar-refractivity contribution is 0.192. The standard InChI is InChI=1S/C11H17N7OS/c1-18(2)11-15-9(14-10(16-11)17-12)13-5-8(19)7-3-4-20-6-7/h3-4,6,8,19H,5,12H2,1-2H3,(H2,13,14,15,16,17). The molecule has 20 heavy (non-hydrogen) atoms. The largest absolute Gasteiger partial charge is 0.387 e. The number of nitrogen functional groups attached to an aromatic ring is 1. The van der Waals surface area contributed by atoms with E-state index in [0.29, 0.717) is 18.4 Å². The van der Waals surface area contributed by atoms with Crippen molar-refractivity contribution < 1.29 is 5.11 Å². The Kier molecular flexibility index (Phi) is 4.66. The van der Waals surface area contributed by atoms with Gasteiger partial charge in [0.1, 0.15) is 0 Å². The number of nitrogens with zero attached hydrogens (tertiary/aromatic N) is 4. The molecule has 2 aromatic rings. The van der Waals surface area contributed by atoms with Crippen molar-refractivity contribution in [2.75, 3.05) is 36.3 Å². The molecular weight excluding hydrogens is 278 g/mol. The number of aliphatic hydroxyl groups excluding tert-OH is 1. The summed E-state index contributed by atoms with van der Waals surface area (Å²) < 4.78 is 0. The Bertz CT molecular complexity index is 546. The van der Waals surface area contributed by atoms with Crippen molar-refractivity contribution in [3.05, 3.63) is 22.4 Å². The number of aromatic nitrogens is 3. The number of hydrogen-bond donors (Lipinski definition) is 4. The van der Waals surface area contributed by atoms with Gasteiger partial charge in [0, 0.05) is 20.6 Å². The highest BCUT2D eigenvalue weighted by molar-refractivity contribution is 7.07. The van der Waals surface area contributed by atoms with Gasteiger partial charge >= 0.3 is 0 Å². The zero-order valence-electron chi connectivity index (χ0n) is 11.2. The third-order valence-corrected chi connectivity index (χ3v) is 3.24. The molecule has 0 fully saturated rings. The van der Waals surface area contributed by atoms with Crippen molar-refractivity contribution in [1.29, 1.82) is 0 Å². The number of anilines is 3. The van der Waals surface area contributed by atoms with Crippen molar-refractivity contribution in [3.8, 4) is 0 Å². The van der Waals surface area contributed by atoms with Crippen LogP contribution in [0.4, 0.5) is 17.8 Å². The molecule has 0 radical (unpaired) electrons. The topological polar surface area (TPSA) is 112 Å². The Morgan fingerprint density at radius 1 is 1.35 bits per heavy atom. The van der Waals surface area contributed by atoms with E-state index >= 15 is 0 Å². The molecule has 0 aliphatic carbocycles. The minimum absolute atomic E-state index is 0.260. The highest BCUT2D eigenvalue weighted by Gasteiger charge is 2.11.